The molecule has 27 heavy (non-hydrogen) atoms. The molecule has 3 rings (SSSR count). The lowest BCUT2D eigenvalue weighted by molar-refractivity contribution is -0.161. The molecule has 0 bridgehead atoms. The first-order chi connectivity index (χ1) is 13.1. The van der Waals surface area contributed by atoms with Crippen molar-refractivity contribution in [2.75, 3.05) is 44.2 Å². The first kappa shape index (κ1) is 19.7. The van der Waals surface area contributed by atoms with E-state index in [2.05, 4.69) is 6.92 Å². The number of carbonyl (C=O) groups excluding carboxylic acids is 3. The zero-order valence-electron chi connectivity index (χ0n) is 15.8. The predicted octanol–water partition coefficient (Wildman–Crippen LogP) is 1.77. The molecule has 146 valence electrons. The number of piperazine rings is 1. The van der Waals surface area contributed by atoms with E-state index in [4.69, 9.17) is 0 Å². The number of hydrogen-bond donors (Lipinski definition) is 0. The van der Waals surface area contributed by atoms with Crippen molar-refractivity contribution in [2.45, 2.75) is 25.8 Å². The maximum absolute atomic E-state index is 13.3. The predicted molar refractivity (Wildman–Crippen MR) is 106 cm³/mol. The topological polar surface area (TPSA) is 60.9 Å². The van der Waals surface area contributed by atoms with E-state index < -0.39 is 17.9 Å². The van der Waals surface area contributed by atoms with Gasteiger partial charge in [-0.25, -0.2) is 0 Å². The van der Waals surface area contributed by atoms with Crippen LogP contribution in [0.25, 0.3) is 0 Å². The maximum Gasteiger partial charge on any atom is 0.313 e. The summed E-state index contributed by atoms with van der Waals surface area (Å²) in [6.07, 6.45) is 1.85. The fourth-order valence-corrected chi connectivity index (χ4v) is 4.45. The zero-order chi connectivity index (χ0) is 19.2. The van der Waals surface area contributed by atoms with Crippen molar-refractivity contribution < 1.29 is 14.4 Å². The summed E-state index contributed by atoms with van der Waals surface area (Å²) in [7, 11) is 0. The van der Waals surface area contributed by atoms with Gasteiger partial charge in [0.15, 0.2) is 0 Å². The summed E-state index contributed by atoms with van der Waals surface area (Å²) in [5.41, 5.74) is 0.767. The molecule has 0 aromatic heterocycles. The molecular formula is C20H27N3O3S. The molecule has 3 amide bonds. The Morgan fingerprint density at radius 2 is 1.74 bits per heavy atom. The minimum absolute atomic E-state index is 0.0790. The Labute approximate surface area is 164 Å². The molecule has 7 heteroatoms. The summed E-state index contributed by atoms with van der Waals surface area (Å²) in [4.78, 5) is 43.7. The summed E-state index contributed by atoms with van der Waals surface area (Å²) >= 11 is 1.83. The largest absolute Gasteiger partial charge is 0.339 e. The first-order valence-electron chi connectivity index (χ1n) is 9.65. The van der Waals surface area contributed by atoms with Gasteiger partial charge in [-0.2, -0.15) is 11.8 Å². The van der Waals surface area contributed by atoms with Crippen LogP contribution in [-0.4, -0.2) is 76.7 Å². The Morgan fingerprint density at radius 1 is 1.04 bits per heavy atom. The van der Waals surface area contributed by atoms with Crippen LogP contribution in [0.4, 0.5) is 0 Å². The number of carbonyl (C=O) groups is 3. The van der Waals surface area contributed by atoms with Crippen LogP contribution in [0.1, 0.15) is 31.4 Å². The Kier molecular flexibility index (Phi) is 6.77. The SMILES string of the molecule is CCCCN1CCN(C(C(=O)N2CCSCC2)c2ccccc2)C(=O)C1=O. The molecule has 2 heterocycles. The summed E-state index contributed by atoms with van der Waals surface area (Å²) in [5, 5.41) is 0. The molecule has 1 aromatic carbocycles. The van der Waals surface area contributed by atoms with Gasteiger partial charge in [-0.15, -0.1) is 0 Å². The van der Waals surface area contributed by atoms with Gasteiger partial charge in [0.25, 0.3) is 0 Å². The zero-order valence-corrected chi connectivity index (χ0v) is 16.6. The third-order valence-electron chi connectivity index (χ3n) is 5.11. The summed E-state index contributed by atoms with van der Waals surface area (Å²) in [6, 6.07) is 8.62. The van der Waals surface area contributed by atoms with Gasteiger partial charge in [0.2, 0.25) is 5.91 Å². The van der Waals surface area contributed by atoms with Crippen molar-refractivity contribution in [1.29, 1.82) is 0 Å². The Morgan fingerprint density at radius 3 is 2.41 bits per heavy atom. The third-order valence-corrected chi connectivity index (χ3v) is 6.05. The minimum atomic E-state index is -0.723. The molecule has 6 nitrogen and oxygen atoms in total. The highest BCUT2D eigenvalue weighted by Gasteiger charge is 2.41. The normalized spacial score (nSPS) is 19.4. The van der Waals surface area contributed by atoms with E-state index in [0.717, 1.165) is 29.9 Å². The second-order valence-electron chi connectivity index (χ2n) is 6.90. The van der Waals surface area contributed by atoms with E-state index in [1.165, 1.54) is 4.90 Å². The highest BCUT2D eigenvalue weighted by molar-refractivity contribution is 7.99. The highest BCUT2D eigenvalue weighted by atomic mass is 32.2. The molecule has 0 aliphatic carbocycles. The van der Waals surface area contributed by atoms with Crippen LogP contribution < -0.4 is 0 Å². The second-order valence-corrected chi connectivity index (χ2v) is 8.12. The van der Waals surface area contributed by atoms with Crippen molar-refractivity contribution in [2.24, 2.45) is 0 Å². The number of nitrogens with zero attached hydrogens (tertiary/aromatic N) is 3. The van der Waals surface area contributed by atoms with Crippen LogP contribution in [0.15, 0.2) is 30.3 Å². The number of thioether (sulfide) groups is 1. The maximum atomic E-state index is 13.3. The molecule has 2 saturated heterocycles. The van der Waals surface area contributed by atoms with Gasteiger partial charge < -0.3 is 14.7 Å². The van der Waals surface area contributed by atoms with Crippen molar-refractivity contribution in [1.82, 2.24) is 14.7 Å². The highest BCUT2D eigenvalue weighted by Crippen LogP contribution is 2.27. The molecule has 2 fully saturated rings. The first-order valence-corrected chi connectivity index (χ1v) is 10.8. The van der Waals surface area contributed by atoms with Gasteiger partial charge in [-0.1, -0.05) is 43.7 Å². The molecule has 0 N–H and O–H groups in total. The van der Waals surface area contributed by atoms with E-state index in [0.29, 0.717) is 32.7 Å². The van der Waals surface area contributed by atoms with Gasteiger partial charge in [0, 0.05) is 44.2 Å². The van der Waals surface area contributed by atoms with Crippen LogP contribution in [-0.2, 0) is 14.4 Å². The van der Waals surface area contributed by atoms with E-state index in [9.17, 15) is 14.4 Å². The Hall–Kier alpha value is -2.02. The van der Waals surface area contributed by atoms with E-state index in [1.54, 1.807) is 4.90 Å². The number of rotatable bonds is 6. The number of hydrogen-bond acceptors (Lipinski definition) is 4. The van der Waals surface area contributed by atoms with E-state index in [-0.39, 0.29) is 5.91 Å². The summed E-state index contributed by atoms with van der Waals surface area (Å²) in [5.74, 6) is 0.684. The molecule has 1 aromatic rings. The number of benzene rings is 1. The fraction of sp³-hybridized carbons (Fsp3) is 0.550. The lowest BCUT2D eigenvalue weighted by Gasteiger charge is -2.40. The van der Waals surface area contributed by atoms with E-state index >= 15 is 0 Å². The fourth-order valence-electron chi connectivity index (χ4n) is 3.55. The van der Waals surface area contributed by atoms with Crippen LogP contribution in [0.5, 0.6) is 0 Å². The molecule has 0 radical (unpaired) electrons. The lowest BCUT2D eigenvalue weighted by atomic mass is 10.0. The second kappa shape index (κ2) is 9.26. The van der Waals surface area contributed by atoms with Crippen LogP contribution in [0, 0.1) is 0 Å². The average molecular weight is 390 g/mol. The molecule has 2 aliphatic heterocycles. The van der Waals surface area contributed by atoms with Crippen LogP contribution in [0.3, 0.4) is 0 Å². The Bertz CT molecular complexity index is 676. The van der Waals surface area contributed by atoms with Gasteiger partial charge in [0.05, 0.1) is 0 Å². The smallest absolute Gasteiger partial charge is 0.313 e. The van der Waals surface area contributed by atoms with Crippen LogP contribution in [0.2, 0.25) is 0 Å². The minimum Gasteiger partial charge on any atom is -0.339 e. The molecule has 2 aliphatic rings. The van der Waals surface area contributed by atoms with Crippen molar-refractivity contribution >= 4 is 29.5 Å². The van der Waals surface area contributed by atoms with Gasteiger partial charge >= 0.3 is 11.8 Å². The standard InChI is InChI=1S/C20H27N3O3S/c1-2-3-9-21-10-11-23(20(26)19(21)25)17(16-7-5-4-6-8-16)18(24)22-12-14-27-15-13-22/h4-8,17H,2-3,9-15H2,1H3. The van der Waals surface area contributed by atoms with Crippen molar-refractivity contribution in [3.05, 3.63) is 35.9 Å². The molecule has 0 spiro atoms. The molecule has 1 unspecified atom stereocenters. The molecular weight excluding hydrogens is 362 g/mol. The van der Waals surface area contributed by atoms with E-state index in [1.807, 2.05) is 47.0 Å². The van der Waals surface area contributed by atoms with Gasteiger partial charge in [-0.3, -0.25) is 14.4 Å². The van der Waals surface area contributed by atoms with Crippen molar-refractivity contribution in [3.8, 4) is 0 Å². The Balaban J connectivity index is 1.84. The summed E-state index contributed by atoms with van der Waals surface area (Å²) in [6.45, 7) is 4.90. The monoisotopic (exact) mass is 389 g/mol. The average Bonchev–Trinajstić information content (AvgIpc) is 2.72. The summed E-state index contributed by atoms with van der Waals surface area (Å²) < 4.78 is 0. The van der Waals surface area contributed by atoms with Gasteiger partial charge in [-0.05, 0) is 12.0 Å². The molecule has 0 saturated carbocycles. The third kappa shape index (κ3) is 4.46. The van der Waals surface area contributed by atoms with Gasteiger partial charge in [0.1, 0.15) is 6.04 Å². The number of amides is 3. The van der Waals surface area contributed by atoms with Crippen molar-refractivity contribution in [3.63, 3.8) is 0 Å². The van der Waals surface area contributed by atoms with Crippen LogP contribution >= 0.6 is 11.8 Å². The lowest BCUT2D eigenvalue weighted by Crippen LogP contribution is -2.58. The number of unbranched alkanes of at least 4 members (excludes halogenated alkanes) is 1. The quantitative estimate of drug-likeness (QED) is 0.696. The molecule has 1 atom stereocenters.